The Balaban J connectivity index is 1.92. The number of hydrogen-bond donors (Lipinski definition) is 0. The molecule has 1 aromatic carbocycles. The molecule has 2 heterocycles. The van der Waals surface area contributed by atoms with Crippen molar-refractivity contribution in [1.82, 2.24) is 8.87 Å². The summed E-state index contributed by atoms with van der Waals surface area (Å²) < 4.78 is 27.6. The van der Waals surface area contributed by atoms with E-state index >= 15 is 0 Å². The molecule has 0 N–H and O–H groups in total. The van der Waals surface area contributed by atoms with Gasteiger partial charge in [-0.1, -0.05) is 17.3 Å². The summed E-state index contributed by atoms with van der Waals surface area (Å²) in [6.07, 6.45) is 7.71. The van der Waals surface area contributed by atoms with Crippen molar-refractivity contribution in [2.75, 3.05) is 19.3 Å². The number of aromatic nitrogens is 1. The van der Waals surface area contributed by atoms with Gasteiger partial charge < -0.3 is 4.57 Å². The number of amides is 1. The molecule has 1 aliphatic heterocycles. The van der Waals surface area contributed by atoms with E-state index in [9.17, 15) is 13.2 Å². The number of piperidine rings is 1. The van der Waals surface area contributed by atoms with Gasteiger partial charge >= 0.3 is 0 Å². The highest BCUT2D eigenvalue weighted by molar-refractivity contribution is 7.88. The number of benzene rings is 1. The molecule has 0 radical (unpaired) electrons. The normalized spacial score (nSPS) is 17.3. The number of nitrogens with zero attached hydrogens (tertiary/aromatic N) is 3. The zero-order valence-corrected chi connectivity index (χ0v) is 17.4. The number of rotatable bonds is 3. The molecule has 0 saturated carbocycles. The second-order valence-corrected chi connectivity index (χ2v) is 9.96. The molecular formula is C19H23N3O3S2. The van der Waals surface area contributed by atoms with Crippen molar-refractivity contribution in [2.45, 2.75) is 33.2 Å². The van der Waals surface area contributed by atoms with Crippen LogP contribution in [0.15, 0.2) is 17.1 Å². The van der Waals surface area contributed by atoms with Gasteiger partial charge in [-0.15, -0.1) is 6.42 Å². The Bertz CT molecular complexity index is 1100. The highest BCUT2D eigenvalue weighted by Crippen LogP contribution is 2.23. The molecule has 0 unspecified atom stereocenters. The summed E-state index contributed by atoms with van der Waals surface area (Å²) in [6.45, 7) is 5.17. The van der Waals surface area contributed by atoms with Crippen LogP contribution in [0.1, 0.15) is 24.0 Å². The third-order valence-corrected chi connectivity index (χ3v) is 7.37. The Hall–Kier alpha value is -1.95. The summed E-state index contributed by atoms with van der Waals surface area (Å²) in [4.78, 5) is 17.7. The van der Waals surface area contributed by atoms with Crippen LogP contribution >= 0.6 is 11.3 Å². The lowest BCUT2D eigenvalue weighted by Gasteiger charge is -2.28. The number of terminal acetylenes is 1. The fourth-order valence-electron chi connectivity index (χ4n) is 3.27. The molecule has 1 aliphatic rings. The largest absolute Gasteiger partial charge is 0.305 e. The summed E-state index contributed by atoms with van der Waals surface area (Å²) in [5, 5.41) is 0. The van der Waals surface area contributed by atoms with Crippen LogP contribution in [-0.4, -0.2) is 42.5 Å². The van der Waals surface area contributed by atoms with E-state index in [1.807, 2.05) is 11.5 Å². The summed E-state index contributed by atoms with van der Waals surface area (Å²) in [6, 6.07) is 4.17. The second kappa shape index (κ2) is 7.58. The zero-order chi connectivity index (χ0) is 19.8. The second-order valence-electron chi connectivity index (χ2n) is 6.97. The van der Waals surface area contributed by atoms with Crippen LogP contribution in [0.25, 0.3) is 10.2 Å². The first-order valence-electron chi connectivity index (χ1n) is 8.78. The standard InChI is InChI=1S/C19H23N3O3S2/c1-5-8-22-16-11-13(2)14(3)12-17(16)26-19(22)20-18(23)15-6-9-21(10-7-15)27(4,24)25/h1,11-12,15H,6-10H2,2-4H3. The number of fused-ring (bicyclic) bond motifs is 1. The number of sulfonamides is 1. The first-order chi connectivity index (χ1) is 12.7. The van der Waals surface area contributed by atoms with Crippen molar-refractivity contribution in [3.05, 3.63) is 28.1 Å². The number of carbonyl (C=O) groups excluding carboxylic acids is 1. The monoisotopic (exact) mass is 405 g/mol. The third kappa shape index (κ3) is 4.15. The van der Waals surface area contributed by atoms with Gasteiger partial charge in [0, 0.05) is 19.0 Å². The highest BCUT2D eigenvalue weighted by Gasteiger charge is 2.28. The van der Waals surface area contributed by atoms with E-state index < -0.39 is 10.0 Å². The average Bonchev–Trinajstić information content (AvgIpc) is 2.91. The molecule has 1 fully saturated rings. The van der Waals surface area contributed by atoms with Gasteiger partial charge in [0.05, 0.1) is 23.0 Å². The van der Waals surface area contributed by atoms with E-state index in [1.165, 1.54) is 27.5 Å². The van der Waals surface area contributed by atoms with Gasteiger partial charge in [-0.05, 0) is 49.9 Å². The van der Waals surface area contributed by atoms with E-state index in [0.717, 1.165) is 15.8 Å². The zero-order valence-electron chi connectivity index (χ0n) is 15.7. The highest BCUT2D eigenvalue weighted by atomic mass is 32.2. The van der Waals surface area contributed by atoms with Gasteiger partial charge in [0.15, 0.2) is 4.80 Å². The fraction of sp³-hybridized carbons (Fsp3) is 0.474. The molecule has 144 valence electrons. The molecule has 6 nitrogen and oxygen atoms in total. The number of carbonyl (C=O) groups is 1. The molecule has 0 aliphatic carbocycles. The minimum Gasteiger partial charge on any atom is -0.305 e. The number of thiazole rings is 1. The summed E-state index contributed by atoms with van der Waals surface area (Å²) in [5.74, 6) is 2.18. The SMILES string of the molecule is C#CCn1c(=NC(=O)C2CCN(S(C)(=O)=O)CC2)sc2cc(C)c(C)cc21. The molecular weight excluding hydrogens is 382 g/mol. The fourth-order valence-corrected chi connectivity index (χ4v) is 5.26. The molecule has 8 heteroatoms. The molecule has 0 spiro atoms. The van der Waals surface area contributed by atoms with Crippen LogP contribution in [0.5, 0.6) is 0 Å². The van der Waals surface area contributed by atoms with Crippen molar-refractivity contribution in [3.63, 3.8) is 0 Å². The van der Waals surface area contributed by atoms with E-state index in [0.29, 0.717) is 37.3 Å². The van der Waals surface area contributed by atoms with E-state index in [1.54, 1.807) is 0 Å². The van der Waals surface area contributed by atoms with E-state index in [-0.39, 0.29) is 11.8 Å². The Morgan fingerprint density at radius 2 is 1.93 bits per heavy atom. The van der Waals surface area contributed by atoms with Crippen LogP contribution in [0.2, 0.25) is 0 Å². The molecule has 0 bridgehead atoms. The van der Waals surface area contributed by atoms with Crippen molar-refractivity contribution in [2.24, 2.45) is 10.9 Å². The quantitative estimate of drug-likeness (QED) is 0.734. The number of hydrogen-bond acceptors (Lipinski definition) is 4. The van der Waals surface area contributed by atoms with E-state index in [2.05, 4.69) is 30.0 Å². The molecule has 1 saturated heterocycles. The van der Waals surface area contributed by atoms with Gasteiger partial charge in [0.1, 0.15) is 0 Å². The predicted octanol–water partition coefficient (Wildman–Crippen LogP) is 2.05. The van der Waals surface area contributed by atoms with Gasteiger partial charge in [-0.3, -0.25) is 4.79 Å². The Kier molecular flexibility index (Phi) is 5.56. The minimum absolute atomic E-state index is 0.200. The van der Waals surface area contributed by atoms with E-state index in [4.69, 9.17) is 6.42 Å². The molecule has 3 rings (SSSR count). The maximum Gasteiger partial charge on any atom is 0.251 e. The van der Waals surface area contributed by atoms with Crippen molar-refractivity contribution >= 4 is 37.5 Å². The molecule has 1 amide bonds. The first kappa shape index (κ1) is 19.8. The molecule has 0 atom stereocenters. The summed E-state index contributed by atoms with van der Waals surface area (Å²) in [7, 11) is -3.21. The predicted molar refractivity (Wildman–Crippen MR) is 108 cm³/mol. The average molecular weight is 406 g/mol. The lowest BCUT2D eigenvalue weighted by molar-refractivity contribution is -0.122. The van der Waals surface area contributed by atoms with Gasteiger partial charge in [0.25, 0.3) is 5.91 Å². The smallest absolute Gasteiger partial charge is 0.251 e. The summed E-state index contributed by atoms with van der Waals surface area (Å²) >= 11 is 1.46. The van der Waals surface area contributed by atoms with Crippen molar-refractivity contribution in [1.29, 1.82) is 0 Å². The Morgan fingerprint density at radius 3 is 2.52 bits per heavy atom. The summed E-state index contributed by atoms with van der Waals surface area (Å²) in [5.41, 5.74) is 3.33. The van der Waals surface area contributed by atoms with Gasteiger partial charge in [-0.25, -0.2) is 12.7 Å². The molecule has 2 aromatic rings. The Morgan fingerprint density at radius 1 is 1.30 bits per heavy atom. The van der Waals surface area contributed by atoms with Crippen LogP contribution in [0, 0.1) is 32.1 Å². The lowest BCUT2D eigenvalue weighted by Crippen LogP contribution is -2.39. The third-order valence-electron chi connectivity index (χ3n) is 5.03. The van der Waals surface area contributed by atoms with Crippen LogP contribution < -0.4 is 4.80 Å². The maximum absolute atomic E-state index is 12.7. The lowest BCUT2D eigenvalue weighted by atomic mass is 9.98. The first-order valence-corrected chi connectivity index (χ1v) is 11.4. The van der Waals surface area contributed by atoms with Crippen molar-refractivity contribution < 1.29 is 13.2 Å². The van der Waals surface area contributed by atoms with Crippen LogP contribution in [-0.2, 0) is 21.4 Å². The Labute approximate surface area is 163 Å². The number of aryl methyl sites for hydroxylation is 2. The maximum atomic E-state index is 12.7. The molecule has 27 heavy (non-hydrogen) atoms. The van der Waals surface area contributed by atoms with Gasteiger partial charge in [0.2, 0.25) is 10.0 Å². The topological polar surface area (TPSA) is 71.7 Å². The molecule has 1 aromatic heterocycles. The van der Waals surface area contributed by atoms with Crippen LogP contribution in [0.3, 0.4) is 0 Å². The van der Waals surface area contributed by atoms with Crippen LogP contribution in [0.4, 0.5) is 0 Å². The van der Waals surface area contributed by atoms with Gasteiger partial charge in [-0.2, -0.15) is 4.99 Å². The van der Waals surface area contributed by atoms with Crippen molar-refractivity contribution in [3.8, 4) is 12.3 Å². The minimum atomic E-state index is -3.21.